The number of hydrogen-bond donors (Lipinski definition) is 1. The summed E-state index contributed by atoms with van der Waals surface area (Å²) >= 11 is 0. The third-order valence-electron chi connectivity index (χ3n) is 5.71. The zero-order valence-corrected chi connectivity index (χ0v) is 26.0. The highest BCUT2D eigenvalue weighted by Crippen LogP contribution is 2.29. The molecule has 1 N–H and O–H groups in total. The lowest BCUT2D eigenvalue weighted by Gasteiger charge is -2.09. The molecule has 0 aliphatic rings. The van der Waals surface area contributed by atoms with Crippen LogP contribution in [-0.4, -0.2) is 30.3 Å². The number of esters is 2. The Kier molecular flexibility index (Phi) is 15.4. The fourth-order valence-corrected chi connectivity index (χ4v) is 3.56. The van der Waals surface area contributed by atoms with Crippen LogP contribution in [0.1, 0.15) is 38.8 Å². The van der Waals surface area contributed by atoms with Gasteiger partial charge in [-0.1, -0.05) is 36.4 Å². The molecule has 11 heteroatoms. The van der Waals surface area contributed by atoms with Crippen molar-refractivity contribution in [3.63, 3.8) is 0 Å². The van der Waals surface area contributed by atoms with Crippen molar-refractivity contribution in [3.8, 4) is 17.2 Å². The molecule has 248 valence electrons. The fourth-order valence-electron chi connectivity index (χ4n) is 3.56. The van der Waals surface area contributed by atoms with Crippen molar-refractivity contribution in [1.29, 1.82) is 0 Å². The van der Waals surface area contributed by atoms with Gasteiger partial charge in [-0.05, 0) is 99.5 Å². The Labute approximate surface area is 269 Å². The van der Waals surface area contributed by atoms with E-state index in [-0.39, 0.29) is 35.5 Å². The van der Waals surface area contributed by atoms with Crippen molar-refractivity contribution < 1.29 is 50.9 Å². The number of carbonyl (C=O) groups excluding carboxylic acids is 2. The topological polar surface area (TPSA) is 82.1 Å². The molecule has 4 aromatic carbocycles. The molecule has 6 nitrogen and oxygen atoms in total. The first kappa shape index (κ1) is 37.7. The number of phenolic OH excluding ortho intramolecular Hbond substituents is 1. The molecule has 0 saturated heterocycles. The lowest BCUT2D eigenvalue weighted by atomic mass is 10.1. The summed E-state index contributed by atoms with van der Waals surface area (Å²) in [6, 6.07) is 20.9. The predicted molar refractivity (Wildman–Crippen MR) is 168 cm³/mol. The number of halogens is 5. The van der Waals surface area contributed by atoms with Crippen molar-refractivity contribution in [2.75, 3.05) is 13.2 Å². The molecule has 0 atom stereocenters. The van der Waals surface area contributed by atoms with Crippen molar-refractivity contribution in [3.05, 3.63) is 136 Å². The lowest BCUT2D eigenvalue weighted by Crippen LogP contribution is -2.05. The molecule has 0 radical (unpaired) electrons. The first-order chi connectivity index (χ1) is 22.4. The standard InChI is InChI=1S/C18H16F2O3.C12H11F3O2.C6H6O/c1-3-22-18(21)12(2)9-13-10-15(19)17(16(20)11-13)23-14-7-5-4-6-8-14;1-3-17-12(16)7(2)4-8-5-9(13)11(15)10(14)6-8;7-6-4-2-1-3-5-6/h4-11H,3H2,1-2H3;4-6H,3H2,1-2H3;1-5,7H/b12-9+;7-4+;. The number of aromatic hydroxyl groups is 1. The molecule has 0 bridgehead atoms. The van der Waals surface area contributed by atoms with Gasteiger partial charge in [0.05, 0.1) is 13.2 Å². The second-order valence-corrected chi connectivity index (χ2v) is 9.46. The minimum Gasteiger partial charge on any atom is -0.508 e. The molecule has 4 aromatic rings. The molecule has 4 rings (SSSR count). The summed E-state index contributed by atoms with van der Waals surface area (Å²) in [5, 5.41) is 8.63. The van der Waals surface area contributed by atoms with Crippen LogP contribution in [-0.2, 0) is 19.1 Å². The number of para-hydroxylation sites is 2. The van der Waals surface area contributed by atoms with Gasteiger partial charge in [0.1, 0.15) is 11.5 Å². The molecular weight excluding hydrogens is 623 g/mol. The highest BCUT2D eigenvalue weighted by atomic mass is 19.2. The van der Waals surface area contributed by atoms with Gasteiger partial charge in [-0.25, -0.2) is 31.5 Å². The summed E-state index contributed by atoms with van der Waals surface area (Å²) in [7, 11) is 0. The van der Waals surface area contributed by atoms with Gasteiger partial charge >= 0.3 is 11.9 Å². The Morgan fingerprint density at radius 2 is 1.02 bits per heavy atom. The Hall–Kier alpha value is -5.45. The number of ether oxygens (including phenoxy) is 3. The predicted octanol–water partition coefficient (Wildman–Crippen LogP) is 9.19. The maximum Gasteiger partial charge on any atom is 0.333 e. The molecule has 0 unspecified atom stereocenters. The van der Waals surface area contributed by atoms with E-state index in [2.05, 4.69) is 0 Å². The summed E-state index contributed by atoms with van der Waals surface area (Å²) in [5.41, 5.74) is 0.706. The number of phenols is 1. The fraction of sp³-hybridized carbons (Fsp3) is 0.167. The van der Waals surface area contributed by atoms with Crippen LogP contribution in [0.2, 0.25) is 0 Å². The highest BCUT2D eigenvalue weighted by molar-refractivity contribution is 5.93. The number of hydrogen-bond acceptors (Lipinski definition) is 6. The zero-order chi connectivity index (χ0) is 34.9. The van der Waals surface area contributed by atoms with E-state index in [1.807, 2.05) is 6.07 Å². The summed E-state index contributed by atoms with van der Waals surface area (Å²) in [6.07, 6.45) is 2.58. The van der Waals surface area contributed by atoms with Gasteiger partial charge in [-0.2, -0.15) is 0 Å². The third-order valence-corrected chi connectivity index (χ3v) is 5.71. The molecule has 47 heavy (non-hydrogen) atoms. The van der Waals surface area contributed by atoms with E-state index in [0.717, 1.165) is 24.3 Å². The van der Waals surface area contributed by atoms with Crippen molar-refractivity contribution in [2.24, 2.45) is 0 Å². The van der Waals surface area contributed by atoms with E-state index in [9.17, 15) is 31.5 Å². The Bertz CT molecular complexity index is 1640. The van der Waals surface area contributed by atoms with Crippen LogP contribution in [0.25, 0.3) is 12.2 Å². The van der Waals surface area contributed by atoms with Gasteiger partial charge in [0.2, 0.25) is 0 Å². The average Bonchev–Trinajstić information content (AvgIpc) is 3.03. The Morgan fingerprint density at radius 1 is 0.638 bits per heavy atom. The minimum atomic E-state index is -1.53. The van der Waals surface area contributed by atoms with Gasteiger partial charge in [0.15, 0.2) is 34.8 Å². The normalized spacial score (nSPS) is 10.9. The molecule has 0 amide bonds. The molecule has 0 spiro atoms. The minimum absolute atomic E-state index is 0.0620. The van der Waals surface area contributed by atoms with Crippen LogP contribution in [0.15, 0.2) is 96.1 Å². The van der Waals surface area contributed by atoms with E-state index in [4.69, 9.17) is 19.3 Å². The molecule has 0 heterocycles. The number of carbonyl (C=O) groups is 2. The van der Waals surface area contributed by atoms with Crippen LogP contribution in [0, 0.1) is 29.1 Å². The monoisotopic (exact) mass is 656 g/mol. The van der Waals surface area contributed by atoms with E-state index in [1.54, 1.807) is 68.4 Å². The van der Waals surface area contributed by atoms with Crippen LogP contribution >= 0.6 is 0 Å². The SMILES string of the molecule is CCOC(=O)/C(C)=C/c1cc(F)c(F)c(F)c1.CCOC(=O)/C(C)=C/c1cc(F)c(Oc2ccccc2)c(F)c1.Oc1ccccc1. The average molecular weight is 657 g/mol. The maximum atomic E-state index is 14.1. The van der Waals surface area contributed by atoms with Crippen molar-refractivity contribution >= 4 is 24.1 Å². The first-order valence-corrected chi connectivity index (χ1v) is 14.2. The van der Waals surface area contributed by atoms with Crippen LogP contribution in [0.3, 0.4) is 0 Å². The Morgan fingerprint density at radius 3 is 1.38 bits per heavy atom. The van der Waals surface area contributed by atoms with E-state index >= 15 is 0 Å². The van der Waals surface area contributed by atoms with E-state index in [1.165, 1.54) is 26.0 Å². The van der Waals surface area contributed by atoms with Gasteiger partial charge in [-0.15, -0.1) is 0 Å². The molecule has 0 aliphatic carbocycles. The van der Waals surface area contributed by atoms with Gasteiger partial charge < -0.3 is 19.3 Å². The number of benzene rings is 4. The smallest absolute Gasteiger partial charge is 0.333 e. The van der Waals surface area contributed by atoms with Crippen molar-refractivity contribution in [2.45, 2.75) is 27.7 Å². The van der Waals surface area contributed by atoms with Crippen LogP contribution in [0.5, 0.6) is 17.2 Å². The van der Waals surface area contributed by atoms with Gasteiger partial charge in [0, 0.05) is 11.1 Å². The maximum absolute atomic E-state index is 14.1. The third kappa shape index (κ3) is 12.8. The lowest BCUT2D eigenvalue weighted by molar-refractivity contribution is -0.139. The van der Waals surface area contributed by atoms with Crippen LogP contribution in [0.4, 0.5) is 22.0 Å². The first-order valence-electron chi connectivity index (χ1n) is 14.2. The Balaban J connectivity index is 0.000000279. The molecule has 0 aromatic heterocycles. The quantitative estimate of drug-likeness (QED) is 0.0882. The van der Waals surface area contributed by atoms with E-state index < -0.39 is 46.8 Å². The summed E-state index contributed by atoms with van der Waals surface area (Å²) in [5.74, 6) is -6.78. The second-order valence-electron chi connectivity index (χ2n) is 9.46. The zero-order valence-electron chi connectivity index (χ0n) is 26.0. The van der Waals surface area contributed by atoms with Crippen molar-refractivity contribution in [1.82, 2.24) is 0 Å². The summed E-state index contributed by atoms with van der Waals surface area (Å²) < 4.78 is 81.3. The molecule has 0 fully saturated rings. The molecule has 0 saturated carbocycles. The van der Waals surface area contributed by atoms with Crippen LogP contribution < -0.4 is 4.74 Å². The highest BCUT2D eigenvalue weighted by Gasteiger charge is 2.14. The summed E-state index contributed by atoms with van der Waals surface area (Å²) in [4.78, 5) is 22.8. The van der Waals surface area contributed by atoms with Gasteiger partial charge in [-0.3, -0.25) is 0 Å². The second kappa shape index (κ2) is 19.2. The largest absolute Gasteiger partial charge is 0.508 e. The molecular formula is C36H33F5O6. The number of rotatable bonds is 8. The molecule has 0 aliphatic heterocycles. The summed E-state index contributed by atoms with van der Waals surface area (Å²) in [6.45, 7) is 6.72. The van der Waals surface area contributed by atoms with Gasteiger partial charge in [0.25, 0.3) is 0 Å². The van der Waals surface area contributed by atoms with E-state index in [0.29, 0.717) is 11.5 Å².